The maximum absolute atomic E-state index is 13.0. The lowest BCUT2D eigenvalue weighted by Crippen LogP contribution is -2.45. The van der Waals surface area contributed by atoms with Crippen LogP contribution in [-0.4, -0.2) is 21.6 Å². The highest BCUT2D eigenvalue weighted by molar-refractivity contribution is 7.86. The van der Waals surface area contributed by atoms with Crippen LogP contribution in [-0.2, 0) is 20.7 Å². The van der Waals surface area contributed by atoms with Gasteiger partial charge in [-0.1, -0.05) is 30.7 Å². The quantitative estimate of drug-likeness (QED) is 0.578. The lowest BCUT2D eigenvalue weighted by molar-refractivity contribution is -0.00804. The van der Waals surface area contributed by atoms with Gasteiger partial charge in [0, 0.05) is 0 Å². The number of hydrogen-bond acceptors (Lipinski definition) is 4. The summed E-state index contributed by atoms with van der Waals surface area (Å²) in [7, 11) is -2.02. The molecule has 0 aliphatic heterocycles. The highest BCUT2D eigenvalue weighted by Crippen LogP contribution is 2.61. The van der Waals surface area contributed by atoms with Gasteiger partial charge in [0.15, 0.2) is 0 Å². The second-order valence-corrected chi connectivity index (χ2v) is 11.5. The Hall–Kier alpha value is -1.85. The summed E-state index contributed by atoms with van der Waals surface area (Å²) >= 11 is 0. The summed E-state index contributed by atoms with van der Waals surface area (Å²) in [6, 6.07) is 13.5. The van der Waals surface area contributed by atoms with Gasteiger partial charge in [-0.05, 0) is 104 Å². The van der Waals surface area contributed by atoms with E-state index < -0.39 is 10.1 Å². The van der Waals surface area contributed by atoms with Crippen molar-refractivity contribution >= 4 is 10.1 Å². The third-order valence-corrected chi connectivity index (χ3v) is 9.73. The summed E-state index contributed by atoms with van der Waals surface area (Å²) in [4.78, 5) is 0.263. The Morgan fingerprint density at radius 3 is 2.52 bits per heavy atom. The second-order valence-electron chi connectivity index (χ2n) is 9.95. The molecule has 3 aliphatic carbocycles. The van der Waals surface area contributed by atoms with Crippen molar-refractivity contribution in [3.63, 3.8) is 0 Å². The number of fused-ring (bicyclic) bond motifs is 5. The molecule has 5 rings (SSSR count). The van der Waals surface area contributed by atoms with Crippen LogP contribution in [0.4, 0.5) is 0 Å². The van der Waals surface area contributed by atoms with E-state index in [4.69, 9.17) is 8.92 Å². The Labute approximate surface area is 186 Å². The Balaban J connectivity index is 1.38. The van der Waals surface area contributed by atoms with Crippen molar-refractivity contribution in [1.82, 2.24) is 0 Å². The summed E-state index contributed by atoms with van der Waals surface area (Å²) in [5.74, 6) is 2.63. The summed E-state index contributed by atoms with van der Waals surface area (Å²) in [6.45, 7) is 4.23. The fourth-order valence-electron chi connectivity index (χ4n) is 6.71. The van der Waals surface area contributed by atoms with Crippen LogP contribution in [0.3, 0.4) is 0 Å². The smallest absolute Gasteiger partial charge is 0.297 e. The zero-order valence-electron chi connectivity index (χ0n) is 18.6. The van der Waals surface area contributed by atoms with Crippen molar-refractivity contribution in [2.75, 3.05) is 7.11 Å². The third-order valence-electron chi connectivity index (χ3n) is 8.40. The second kappa shape index (κ2) is 7.63. The molecule has 3 aliphatic rings. The molecule has 0 spiro atoms. The molecule has 2 fully saturated rings. The standard InChI is InChI=1S/C26H32O4S/c1-17-4-8-20(9-5-17)31(27,28)30-25-13-12-24-23-10-6-18-16-19(29-3)7-11-21(18)22(23)14-15-26(24,25)2/h4-5,7-9,11,16,22-25H,6,10,12-15H2,1-3H3/t22-,23-,24-,25-,26-/m0/s1. The van der Waals surface area contributed by atoms with E-state index in [2.05, 4.69) is 25.1 Å². The SMILES string of the molecule is COc1ccc2c(c1)CC[C@H]1[C@H]2CC[C@]2(C)[C@@H](OS(=O)(=O)c3ccc(C)cc3)CC[C@@H]12. The maximum Gasteiger partial charge on any atom is 0.297 e. The third kappa shape index (κ3) is 3.50. The minimum Gasteiger partial charge on any atom is -0.497 e. The molecule has 0 heterocycles. The number of rotatable bonds is 4. The molecule has 0 amide bonds. The van der Waals surface area contributed by atoms with Crippen molar-refractivity contribution in [2.45, 2.75) is 69.3 Å². The van der Waals surface area contributed by atoms with Crippen LogP contribution in [0.15, 0.2) is 47.4 Å². The van der Waals surface area contributed by atoms with Crippen LogP contribution in [0.1, 0.15) is 61.6 Å². The van der Waals surface area contributed by atoms with Crippen LogP contribution < -0.4 is 4.74 Å². The minimum absolute atomic E-state index is 0.0804. The summed E-state index contributed by atoms with van der Waals surface area (Å²) < 4.78 is 37.3. The molecule has 0 saturated heterocycles. The molecule has 2 saturated carbocycles. The van der Waals surface area contributed by atoms with Gasteiger partial charge in [0.05, 0.1) is 18.1 Å². The average molecular weight is 441 g/mol. The molecule has 0 radical (unpaired) electrons. The van der Waals surface area contributed by atoms with Crippen LogP contribution in [0.2, 0.25) is 0 Å². The molecule has 0 aromatic heterocycles. The van der Waals surface area contributed by atoms with Crippen molar-refractivity contribution in [3.8, 4) is 5.75 Å². The first-order valence-electron chi connectivity index (χ1n) is 11.5. The van der Waals surface area contributed by atoms with Crippen molar-refractivity contribution < 1.29 is 17.3 Å². The zero-order valence-corrected chi connectivity index (χ0v) is 19.5. The molecule has 4 nitrogen and oxygen atoms in total. The van der Waals surface area contributed by atoms with Gasteiger partial charge in [0.1, 0.15) is 5.75 Å². The topological polar surface area (TPSA) is 52.6 Å². The van der Waals surface area contributed by atoms with E-state index in [-0.39, 0.29) is 16.4 Å². The van der Waals surface area contributed by atoms with E-state index in [0.29, 0.717) is 17.8 Å². The Morgan fingerprint density at radius 1 is 1.00 bits per heavy atom. The predicted octanol–water partition coefficient (Wildman–Crippen LogP) is 5.63. The number of hydrogen-bond donors (Lipinski definition) is 0. The monoisotopic (exact) mass is 440 g/mol. The number of benzene rings is 2. The molecule has 0 N–H and O–H groups in total. The van der Waals surface area contributed by atoms with E-state index in [1.807, 2.05) is 19.1 Å². The molecule has 166 valence electrons. The predicted molar refractivity (Wildman–Crippen MR) is 121 cm³/mol. The highest BCUT2D eigenvalue weighted by atomic mass is 32.2. The van der Waals surface area contributed by atoms with Gasteiger partial charge in [-0.25, -0.2) is 0 Å². The zero-order chi connectivity index (χ0) is 21.8. The molecular weight excluding hydrogens is 408 g/mol. The molecule has 5 atom stereocenters. The molecule has 5 heteroatoms. The number of aryl methyl sites for hydroxylation is 2. The number of methoxy groups -OCH3 is 1. The van der Waals surface area contributed by atoms with Gasteiger partial charge in [0.2, 0.25) is 0 Å². The van der Waals surface area contributed by atoms with E-state index in [1.54, 1.807) is 19.2 Å². The van der Waals surface area contributed by atoms with Crippen LogP contribution in [0.25, 0.3) is 0 Å². The molecule has 0 unspecified atom stereocenters. The van der Waals surface area contributed by atoms with E-state index in [1.165, 1.54) is 17.5 Å². The molecule has 2 aromatic carbocycles. The van der Waals surface area contributed by atoms with Gasteiger partial charge >= 0.3 is 0 Å². The lowest BCUT2D eigenvalue weighted by Gasteiger charge is -2.50. The fraction of sp³-hybridized carbons (Fsp3) is 0.538. The molecule has 0 bridgehead atoms. The van der Waals surface area contributed by atoms with Gasteiger partial charge < -0.3 is 4.74 Å². The first-order chi connectivity index (χ1) is 14.8. The Bertz CT molecular complexity index is 1080. The van der Waals surface area contributed by atoms with Gasteiger partial charge in [-0.2, -0.15) is 8.42 Å². The lowest BCUT2D eigenvalue weighted by atomic mass is 9.55. The fourth-order valence-corrected chi connectivity index (χ4v) is 7.91. The summed E-state index contributed by atoms with van der Waals surface area (Å²) in [5, 5.41) is 0. The normalized spacial score (nSPS) is 32.1. The van der Waals surface area contributed by atoms with Gasteiger partial charge in [-0.3, -0.25) is 4.18 Å². The molecule has 31 heavy (non-hydrogen) atoms. The van der Waals surface area contributed by atoms with Crippen molar-refractivity contribution in [2.24, 2.45) is 17.3 Å². The minimum atomic E-state index is -3.75. The van der Waals surface area contributed by atoms with Gasteiger partial charge in [-0.15, -0.1) is 0 Å². The largest absolute Gasteiger partial charge is 0.497 e. The molecule has 2 aromatic rings. The Morgan fingerprint density at radius 2 is 1.77 bits per heavy atom. The van der Waals surface area contributed by atoms with Crippen LogP contribution >= 0.6 is 0 Å². The van der Waals surface area contributed by atoms with Gasteiger partial charge in [0.25, 0.3) is 10.1 Å². The first kappa shape index (κ1) is 21.0. The summed E-state index contributed by atoms with van der Waals surface area (Å²) in [6.07, 6.45) is 6.00. The molecular formula is C26H32O4S. The van der Waals surface area contributed by atoms with Crippen LogP contribution in [0.5, 0.6) is 5.75 Å². The van der Waals surface area contributed by atoms with E-state index in [0.717, 1.165) is 43.4 Å². The van der Waals surface area contributed by atoms with Crippen LogP contribution in [0, 0.1) is 24.2 Å². The van der Waals surface area contributed by atoms with Crippen molar-refractivity contribution in [3.05, 3.63) is 59.2 Å². The summed E-state index contributed by atoms with van der Waals surface area (Å²) in [5.41, 5.74) is 3.87. The first-order valence-corrected chi connectivity index (χ1v) is 12.9. The van der Waals surface area contributed by atoms with E-state index in [9.17, 15) is 8.42 Å². The average Bonchev–Trinajstić information content (AvgIpc) is 3.09. The number of ether oxygens (including phenoxy) is 1. The maximum atomic E-state index is 13.0. The highest BCUT2D eigenvalue weighted by Gasteiger charge is 2.56. The Kier molecular flexibility index (Phi) is 5.17. The van der Waals surface area contributed by atoms with Crippen molar-refractivity contribution in [1.29, 1.82) is 0 Å². The van der Waals surface area contributed by atoms with E-state index >= 15 is 0 Å².